The van der Waals surface area contributed by atoms with E-state index in [2.05, 4.69) is 4.74 Å². The second kappa shape index (κ2) is 4.99. The van der Waals surface area contributed by atoms with Gasteiger partial charge in [-0.3, -0.25) is 0 Å². The summed E-state index contributed by atoms with van der Waals surface area (Å²) in [6.07, 6.45) is -5.19. The molecule has 0 aliphatic heterocycles. The summed E-state index contributed by atoms with van der Waals surface area (Å²) in [4.78, 5) is 11.7. The Hall–Kier alpha value is -1.01. The van der Waals surface area contributed by atoms with Crippen molar-refractivity contribution in [3.05, 3.63) is 0 Å². The normalized spacial score (nSPS) is 34.4. The molecule has 0 radical (unpaired) electrons. The summed E-state index contributed by atoms with van der Waals surface area (Å²) in [5.41, 5.74) is -6.80. The van der Waals surface area contributed by atoms with Crippen molar-refractivity contribution in [3.63, 3.8) is 0 Å². The molecular formula is C15H22F4O3. The molecule has 0 aromatic rings. The first kappa shape index (κ1) is 17.3. The lowest BCUT2D eigenvalue weighted by Gasteiger charge is -2.45. The zero-order valence-electron chi connectivity index (χ0n) is 13.2. The first-order valence-electron chi connectivity index (χ1n) is 7.46. The highest BCUT2D eigenvalue weighted by Crippen LogP contribution is 2.61. The molecule has 128 valence electrons. The van der Waals surface area contributed by atoms with E-state index in [-0.39, 0.29) is 12.3 Å². The molecule has 0 aromatic carbocycles. The Morgan fingerprint density at radius 3 is 2.05 bits per heavy atom. The highest BCUT2D eigenvalue weighted by molar-refractivity contribution is 5.61. The molecule has 22 heavy (non-hydrogen) atoms. The van der Waals surface area contributed by atoms with Gasteiger partial charge in [0.2, 0.25) is 5.60 Å². The van der Waals surface area contributed by atoms with Crippen molar-refractivity contribution in [3.8, 4) is 0 Å². The summed E-state index contributed by atoms with van der Waals surface area (Å²) < 4.78 is 65.3. The van der Waals surface area contributed by atoms with Crippen molar-refractivity contribution >= 4 is 6.16 Å². The number of rotatable bonds is 2. The minimum atomic E-state index is -5.01. The molecule has 0 spiro atoms. The van der Waals surface area contributed by atoms with Gasteiger partial charge in [0.15, 0.2) is 5.67 Å². The SMILES string of the molecule is CC(C)(C)OC(=O)OC(C)(C(F)(F)F)C1(F)CC2CCC1C2. The molecule has 4 unspecified atom stereocenters. The summed E-state index contributed by atoms with van der Waals surface area (Å²) in [6.45, 7) is 5.13. The fourth-order valence-electron chi connectivity index (χ4n) is 3.66. The minimum Gasteiger partial charge on any atom is -0.429 e. The number of alkyl halides is 4. The molecule has 0 amide bonds. The minimum absolute atomic E-state index is 0.0705. The van der Waals surface area contributed by atoms with E-state index in [0.29, 0.717) is 19.8 Å². The zero-order chi connectivity index (χ0) is 17.0. The van der Waals surface area contributed by atoms with Crippen LogP contribution in [0.1, 0.15) is 53.4 Å². The van der Waals surface area contributed by atoms with Crippen LogP contribution in [0.3, 0.4) is 0 Å². The van der Waals surface area contributed by atoms with Gasteiger partial charge in [0.25, 0.3) is 0 Å². The molecule has 0 saturated heterocycles. The van der Waals surface area contributed by atoms with E-state index in [4.69, 9.17) is 4.74 Å². The molecule has 2 rings (SSSR count). The zero-order valence-corrected chi connectivity index (χ0v) is 13.2. The van der Waals surface area contributed by atoms with E-state index in [1.165, 1.54) is 20.8 Å². The molecule has 0 heterocycles. The number of fused-ring (bicyclic) bond motifs is 2. The molecule has 2 fully saturated rings. The van der Waals surface area contributed by atoms with Crippen LogP contribution >= 0.6 is 0 Å². The van der Waals surface area contributed by atoms with Crippen LogP contribution in [0.25, 0.3) is 0 Å². The van der Waals surface area contributed by atoms with Crippen LogP contribution in [-0.2, 0) is 9.47 Å². The maximum Gasteiger partial charge on any atom is 0.509 e. The van der Waals surface area contributed by atoms with Crippen molar-refractivity contribution in [2.45, 2.75) is 76.4 Å². The third-order valence-corrected chi connectivity index (χ3v) is 4.79. The van der Waals surface area contributed by atoms with Gasteiger partial charge in [-0.05, 0) is 65.2 Å². The third kappa shape index (κ3) is 2.78. The van der Waals surface area contributed by atoms with Crippen LogP contribution in [0.5, 0.6) is 0 Å². The van der Waals surface area contributed by atoms with E-state index >= 15 is 4.39 Å². The fraction of sp³-hybridized carbons (Fsp3) is 0.933. The van der Waals surface area contributed by atoms with Crippen LogP contribution < -0.4 is 0 Å². The van der Waals surface area contributed by atoms with E-state index in [0.717, 1.165) is 6.42 Å². The molecule has 2 saturated carbocycles. The predicted molar refractivity (Wildman–Crippen MR) is 71.1 cm³/mol. The second-order valence-electron chi connectivity index (χ2n) is 7.54. The average Bonchev–Trinajstić information content (AvgIpc) is 2.84. The molecule has 2 aliphatic carbocycles. The molecule has 2 aliphatic rings. The standard InChI is InChI=1S/C15H22F4O3/c1-12(2,3)21-11(20)22-13(4,15(17,18)19)14(16)8-9-5-6-10(14)7-9/h9-10H,5-8H2,1-4H3. The first-order valence-corrected chi connectivity index (χ1v) is 7.46. The number of halogens is 4. The third-order valence-electron chi connectivity index (χ3n) is 4.79. The van der Waals surface area contributed by atoms with E-state index < -0.39 is 35.1 Å². The van der Waals surface area contributed by atoms with Gasteiger partial charge in [-0.15, -0.1) is 0 Å². The number of hydrogen-bond acceptors (Lipinski definition) is 3. The Labute approximate surface area is 127 Å². The number of ether oxygens (including phenoxy) is 2. The van der Waals surface area contributed by atoms with Crippen molar-refractivity contribution in [2.24, 2.45) is 11.8 Å². The predicted octanol–water partition coefficient (Wildman–Crippen LogP) is 4.79. The van der Waals surface area contributed by atoms with Gasteiger partial charge in [-0.25, -0.2) is 9.18 Å². The van der Waals surface area contributed by atoms with Crippen LogP contribution in [0.15, 0.2) is 0 Å². The number of hydrogen-bond donors (Lipinski definition) is 0. The summed E-state index contributed by atoms with van der Waals surface area (Å²) in [5, 5.41) is 0. The largest absolute Gasteiger partial charge is 0.509 e. The van der Waals surface area contributed by atoms with Gasteiger partial charge >= 0.3 is 12.3 Å². The molecule has 0 N–H and O–H groups in total. The Kier molecular flexibility index (Phi) is 3.94. The highest BCUT2D eigenvalue weighted by atomic mass is 19.4. The highest BCUT2D eigenvalue weighted by Gasteiger charge is 2.73. The Morgan fingerprint density at radius 2 is 1.68 bits per heavy atom. The average molecular weight is 326 g/mol. The lowest BCUT2D eigenvalue weighted by molar-refractivity contribution is -0.308. The summed E-state index contributed by atoms with van der Waals surface area (Å²) in [6, 6.07) is 0. The van der Waals surface area contributed by atoms with Gasteiger partial charge in [0.05, 0.1) is 0 Å². The van der Waals surface area contributed by atoms with Crippen molar-refractivity contribution < 1.29 is 31.8 Å². The second-order valence-corrected chi connectivity index (χ2v) is 7.54. The lowest BCUT2D eigenvalue weighted by atomic mass is 9.73. The lowest BCUT2D eigenvalue weighted by Crippen LogP contribution is -2.63. The van der Waals surface area contributed by atoms with E-state index in [1.807, 2.05) is 0 Å². The van der Waals surface area contributed by atoms with E-state index in [9.17, 15) is 18.0 Å². The number of carbonyl (C=O) groups excluding carboxylic acids is 1. The van der Waals surface area contributed by atoms with Gasteiger partial charge in [0, 0.05) is 0 Å². The fourth-order valence-corrected chi connectivity index (χ4v) is 3.66. The van der Waals surface area contributed by atoms with Crippen LogP contribution in [0.4, 0.5) is 22.4 Å². The Bertz CT molecular complexity index is 457. The Balaban J connectivity index is 2.28. The summed E-state index contributed by atoms with van der Waals surface area (Å²) in [5.74, 6) is -0.800. The maximum absolute atomic E-state index is 15.3. The van der Waals surface area contributed by atoms with Crippen molar-refractivity contribution in [1.29, 1.82) is 0 Å². The molecule has 0 aromatic heterocycles. The van der Waals surface area contributed by atoms with Gasteiger partial charge in [-0.1, -0.05) is 0 Å². The first-order chi connectivity index (χ1) is 9.78. The van der Waals surface area contributed by atoms with Gasteiger partial charge < -0.3 is 9.47 Å². The molecule has 7 heteroatoms. The molecule has 2 bridgehead atoms. The smallest absolute Gasteiger partial charge is 0.429 e. The van der Waals surface area contributed by atoms with Crippen molar-refractivity contribution in [2.75, 3.05) is 0 Å². The maximum atomic E-state index is 15.3. The molecule has 4 atom stereocenters. The van der Waals surface area contributed by atoms with E-state index in [1.54, 1.807) is 0 Å². The Morgan fingerprint density at radius 1 is 1.09 bits per heavy atom. The summed E-state index contributed by atoms with van der Waals surface area (Å²) >= 11 is 0. The molecule has 3 nitrogen and oxygen atoms in total. The van der Waals surface area contributed by atoms with Crippen molar-refractivity contribution in [1.82, 2.24) is 0 Å². The summed E-state index contributed by atoms with van der Waals surface area (Å²) in [7, 11) is 0. The molecular weight excluding hydrogens is 304 g/mol. The van der Waals surface area contributed by atoms with Crippen LogP contribution in [0.2, 0.25) is 0 Å². The van der Waals surface area contributed by atoms with Crippen LogP contribution in [0, 0.1) is 11.8 Å². The monoisotopic (exact) mass is 326 g/mol. The van der Waals surface area contributed by atoms with Crippen LogP contribution in [-0.4, -0.2) is 29.2 Å². The topological polar surface area (TPSA) is 35.5 Å². The van der Waals surface area contributed by atoms with Gasteiger partial charge in [-0.2, -0.15) is 13.2 Å². The quantitative estimate of drug-likeness (QED) is 0.541. The van der Waals surface area contributed by atoms with Gasteiger partial charge in [0.1, 0.15) is 5.60 Å². The number of carbonyl (C=O) groups is 1.